The Balaban J connectivity index is -0.000000320. The molecule has 11 heavy (non-hydrogen) atoms. The molecule has 0 aliphatic carbocycles. The molecule has 0 bridgehead atoms. The fourth-order valence-corrected chi connectivity index (χ4v) is 0.482. The van der Waals surface area contributed by atoms with Crippen molar-refractivity contribution in [3.8, 4) is 0 Å². The summed E-state index contributed by atoms with van der Waals surface area (Å²) in [6.45, 7) is 0. The Morgan fingerprint density at radius 3 is 1.73 bits per heavy atom. The Morgan fingerprint density at radius 2 is 1.64 bits per heavy atom. The van der Waals surface area contributed by atoms with Gasteiger partial charge in [-0.15, -0.1) is 12.2 Å². The van der Waals surface area contributed by atoms with Crippen LogP contribution >= 0.6 is 24.4 Å². The average Bonchev–Trinajstić information content (AvgIpc) is 1.63. The van der Waals surface area contributed by atoms with E-state index in [0.717, 1.165) is 0 Å². The van der Waals surface area contributed by atoms with Gasteiger partial charge in [-0.1, -0.05) is 17.3 Å². The smallest absolute Gasteiger partial charge is 0.867 e. The third kappa shape index (κ3) is 10.9. The molecular formula is C4H4Li2O3S2. The van der Waals surface area contributed by atoms with Crippen molar-refractivity contribution in [3.05, 3.63) is 0 Å². The quantitative estimate of drug-likeness (QED) is 0.343. The fraction of sp³-hybridized carbons (Fsp3) is 0.500. The van der Waals surface area contributed by atoms with Crippen molar-refractivity contribution in [1.29, 1.82) is 0 Å². The van der Waals surface area contributed by atoms with Gasteiger partial charge in [0.15, 0.2) is 0 Å². The maximum Gasteiger partial charge on any atom is 1.00 e. The van der Waals surface area contributed by atoms with E-state index >= 15 is 0 Å². The van der Waals surface area contributed by atoms with E-state index in [-0.39, 0.29) is 44.1 Å². The van der Waals surface area contributed by atoms with E-state index in [0.29, 0.717) is 0 Å². The Hall–Kier alpha value is 0.935. The third-order valence-electron chi connectivity index (χ3n) is 0.632. The van der Waals surface area contributed by atoms with Crippen LogP contribution in [0.3, 0.4) is 0 Å². The van der Waals surface area contributed by atoms with Crippen molar-refractivity contribution >= 4 is 34.5 Å². The Labute approximate surface area is 99.5 Å². The summed E-state index contributed by atoms with van der Waals surface area (Å²) in [6.07, 6.45) is -1.73. The van der Waals surface area contributed by atoms with Gasteiger partial charge in [0.25, 0.3) is 0 Å². The van der Waals surface area contributed by atoms with Gasteiger partial charge in [-0.2, -0.15) is 0 Å². The topological polar surface area (TPSA) is 66.3 Å². The summed E-state index contributed by atoms with van der Waals surface area (Å²) in [5.74, 6) is 0. The van der Waals surface area contributed by atoms with E-state index < -0.39 is 16.2 Å². The zero-order chi connectivity index (χ0) is 7.44. The van der Waals surface area contributed by atoms with Crippen LogP contribution in [-0.2, 0) is 0 Å². The van der Waals surface area contributed by atoms with Crippen LogP contribution in [0, 0.1) is 0 Å². The van der Waals surface area contributed by atoms with Crippen molar-refractivity contribution in [2.45, 2.75) is 12.5 Å². The first-order valence-electron chi connectivity index (χ1n) is 2.13. The molecule has 0 radical (unpaired) electrons. The van der Waals surface area contributed by atoms with Gasteiger partial charge >= 0.3 is 37.7 Å². The minimum atomic E-state index is -1.38. The maximum atomic E-state index is 10.0. The second kappa shape index (κ2) is 9.03. The predicted molar refractivity (Wildman–Crippen MR) is 35.8 cm³/mol. The molecule has 0 amide bonds. The van der Waals surface area contributed by atoms with E-state index in [9.17, 15) is 10.2 Å². The monoisotopic (exact) mass is 178 g/mol. The molecule has 52 valence electrons. The summed E-state index contributed by atoms with van der Waals surface area (Å²) in [5, 5.41) is 27.1. The van der Waals surface area contributed by atoms with Gasteiger partial charge in [-0.05, 0) is 11.5 Å². The normalized spacial score (nSPS) is 10.3. The molecule has 7 heteroatoms. The fourth-order valence-electron chi connectivity index (χ4n) is 0.241. The molecule has 0 spiro atoms. The molecule has 0 aromatic heterocycles. The van der Waals surface area contributed by atoms with Crippen LogP contribution in [0.5, 0.6) is 0 Å². The molecule has 0 aliphatic rings. The third-order valence-corrected chi connectivity index (χ3v) is 1.07. The van der Waals surface area contributed by atoms with Gasteiger partial charge in [-0.3, -0.25) is 0 Å². The van der Waals surface area contributed by atoms with Crippen LogP contribution in [-0.4, -0.2) is 21.3 Å². The van der Waals surface area contributed by atoms with Gasteiger partial charge in [0.2, 0.25) is 0 Å². The zero-order valence-corrected chi connectivity index (χ0v) is 8.00. The van der Waals surface area contributed by atoms with Gasteiger partial charge in [0.1, 0.15) is 0 Å². The molecule has 1 atom stereocenters. The molecular weight excluding hydrogens is 174 g/mol. The Morgan fingerprint density at radius 1 is 1.27 bits per heavy atom. The van der Waals surface area contributed by atoms with E-state index in [1.165, 1.54) is 0 Å². The molecule has 0 saturated heterocycles. The zero-order valence-electron chi connectivity index (χ0n) is 6.36. The Bertz CT molecular complexity index is 141. The number of rotatable bonds is 3. The Kier molecular flexibility index (Phi) is 14.7. The summed E-state index contributed by atoms with van der Waals surface area (Å²) < 4.78 is 0. The SMILES string of the molecule is [Li+].[Li+].[O-]C(=S)CC(O)C([O-])=S. The minimum absolute atomic E-state index is 0. The first kappa shape index (κ1) is 17.9. The van der Waals surface area contributed by atoms with Crippen molar-refractivity contribution in [2.75, 3.05) is 0 Å². The largest absolute Gasteiger partial charge is 1.00 e. The second-order valence-electron chi connectivity index (χ2n) is 1.41. The first-order valence-corrected chi connectivity index (χ1v) is 2.94. The molecule has 0 aromatic carbocycles. The molecule has 0 rings (SSSR count). The van der Waals surface area contributed by atoms with Crippen LogP contribution in [0.4, 0.5) is 0 Å². The molecule has 0 saturated carbocycles. The molecule has 0 aliphatic heterocycles. The average molecular weight is 178 g/mol. The van der Waals surface area contributed by atoms with Crippen LogP contribution in [0.1, 0.15) is 6.42 Å². The van der Waals surface area contributed by atoms with Crippen LogP contribution in [0.2, 0.25) is 0 Å². The van der Waals surface area contributed by atoms with Crippen molar-refractivity contribution < 1.29 is 53.0 Å². The molecule has 0 heterocycles. The van der Waals surface area contributed by atoms with Crippen molar-refractivity contribution in [1.82, 2.24) is 0 Å². The molecule has 3 nitrogen and oxygen atoms in total. The molecule has 0 fully saturated rings. The molecule has 0 aromatic rings. The number of aliphatic hydroxyl groups excluding tert-OH is 1. The van der Waals surface area contributed by atoms with Gasteiger partial charge in [0, 0.05) is 0 Å². The predicted octanol–water partition coefficient (Wildman–Crippen LogP) is -7.88. The van der Waals surface area contributed by atoms with Crippen molar-refractivity contribution in [3.63, 3.8) is 0 Å². The first-order chi connectivity index (χ1) is 4.04. The molecule has 1 N–H and O–H groups in total. The summed E-state index contributed by atoms with van der Waals surface area (Å²) in [6, 6.07) is 0. The number of aliphatic hydroxyl groups is 1. The molecule has 1 unspecified atom stereocenters. The van der Waals surface area contributed by atoms with Gasteiger partial charge in [-0.25, -0.2) is 0 Å². The van der Waals surface area contributed by atoms with E-state index in [4.69, 9.17) is 5.11 Å². The van der Waals surface area contributed by atoms with E-state index in [1.54, 1.807) is 0 Å². The van der Waals surface area contributed by atoms with Crippen LogP contribution < -0.4 is 47.9 Å². The van der Waals surface area contributed by atoms with Gasteiger partial charge in [0.05, 0.1) is 6.10 Å². The summed E-state index contributed by atoms with van der Waals surface area (Å²) >= 11 is 8.11. The summed E-state index contributed by atoms with van der Waals surface area (Å²) in [5.41, 5.74) is 0. The van der Waals surface area contributed by atoms with Gasteiger partial charge < -0.3 is 15.3 Å². The maximum absolute atomic E-state index is 10.0. The summed E-state index contributed by atoms with van der Waals surface area (Å²) in [4.78, 5) is 0. The van der Waals surface area contributed by atoms with Crippen molar-refractivity contribution in [2.24, 2.45) is 0 Å². The number of hydrogen-bond acceptors (Lipinski definition) is 5. The van der Waals surface area contributed by atoms with E-state index in [2.05, 4.69) is 24.4 Å². The van der Waals surface area contributed by atoms with Crippen LogP contribution in [0.25, 0.3) is 0 Å². The second-order valence-corrected chi connectivity index (χ2v) is 2.27. The minimum Gasteiger partial charge on any atom is -0.867 e. The summed E-state index contributed by atoms with van der Waals surface area (Å²) in [7, 11) is 0. The number of thiocarbonyl (C=S) groups is 2. The number of hydrogen-bond donors (Lipinski definition) is 1. The van der Waals surface area contributed by atoms with Crippen LogP contribution in [0.15, 0.2) is 0 Å². The standard InChI is InChI=1S/C4H6O3S2.2Li/c5-2(4(7)9)1-3(6)8;;/h2,5H,1H2,(H,6,8)(H,7,9);;/q;2*+1/p-2. The van der Waals surface area contributed by atoms with E-state index in [1.807, 2.05) is 0 Å².